The van der Waals surface area contributed by atoms with Gasteiger partial charge in [0, 0.05) is 5.69 Å². The summed E-state index contributed by atoms with van der Waals surface area (Å²) in [4.78, 5) is 16.2. The molecule has 6 heteroatoms. The van der Waals surface area contributed by atoms with E-state index >= 15 is 0 Å². The number of hydrogen-bond donors (Lipinski definition) is 2. The van der Waals surface area contributed by atoms with Crippen molar-refractivity contribution >= 4 is 38.3 Å². The maximum Gasteiger partial charge on any atom is 0.262 e. The van der Waals surface area contributed by atoms with Crippen LogP contribution in [0.15, 0.2) is 42.5 Å². The standard InChI is InChI=1S/C18H19N3O2S/c1-11(2)12-3-6-14(7-4-12)23-10-17(22)20-13-5-8-15-16(9-13)24-18(19)21-15/h3-9,11H,10H2,1-2H3,(H2,19,21)(H,20,22). The van der Waals surface area contributed by atoms with Crippen molar-refractivity contribution in [2.24, 2.45) is 0 Å². The predicted molar refractivity (Wildman–Crippen MR) is 98.7 cm³/mol. The van der Waals surface area contributed by atoms with E-state index in [1.165, 1.54) is 16.9 Å². The van der Waals surface area contributed by atoms with Crippen LogP contribution >= 0.6 is 11.3 Å². The summed E-state index contributed by atoms with van der Waals surface area (Å²) in [6, 6.07) is 13.3. The van der Waals surface area contributed by atoms with E-state index in [0.29, 0.717) is 22.5 Å². The van der Waals surface area contributed by atoms with Gasteiger partial charge >= 0.3 is 0 Å². The van der Waals surface area contributed by atoms with Crippen LogP contribution < -0.4 is 15.8 Å². The molecule has 0 saturated carbocycles. The number of amides is 1. The lowest BCUT2D eigenvalue weighted by atomic mass is 10.0. The molecule has 3 rings (SSSR count). The van der Waals surface area contributed by atoms with E-state index in [2.05, 4.69) is 24.1 Å². The third-order valence-corrected chi connectivity index (χ3v) is 4.45. The van der Waals surface area contributed by atoms with Crippen LogP contribution in [-0.4, -0.2) is 17.5 Å². The number of anilines is 2. The van der Waals surface area contributed by atoms with Crippen molar-refractivity contribution in [2.45, 2.75) is 19.8 Å². The second-order valence-corrected chi connectivity index (χ2v) is 6.86. The molecule has 0 fully saturated rings. The van der Waals surface area contributed by atoms with Gasteiger partial charge in [0.1, 0.15) is 5.75 Å². The number of rotatable bonds is 5. The number of hydrogen-bond acceptors (Lipinski definition) is 5. The minimum Gasteiger partial charge on any atom is -0.484 e. The summed E-state index contributed by atoms with van der Waals surface area (Å²) >= 11 is 1.39. The largest absolute Gasteiger partial charge is 0.484 e. The molecule has 0 atom stereocenters. The van der Waals surface area contributed by atoms with Crippen molar-refractivity contribution in [3.05, 3.63) is 48.0 Å². The van der Waals surface area contributed by atoms with E-state index in [4.69, 9.17) is 10.5 Å². The van der Waals surface area contributed by atoms with Gasteiger partial charge in [0.15, 0.2) is 11.7 Å². The van der Waals surface area contributed by atoms with Gasteiger partial charge in [-0.25, -0.2) is 4.98 Å². The molecule has 5 nitrogen and oxygen atoms in total. The molecule has 2 aromatic carbocycles. The fourth-order valence-electron chi connectivity index (χ4n) is 2.32. The highest BCUT2D eigenvalue weighted by molar-refractivity contribution is 7.22. The number of carbonyl (C=O) groups is 1. The van der Waals surface area contributed by atoms with Gasteiger partial charge in [0.05, 0.1) is 10.2 Å². The second-order valence-electron chi connectivity index (χ2n) is 5.80. The number of ether oxygens (including phenoxy) is 1. The van der Waals surface area contributed by atoms with Crippen LogP contribution in [-0.2, 0) is 4.79 Å². The molecule has 0 aliphatic rings. The first kappa shape index (κ1) is 16.3. The van der Waals surface area contributed by atoms with Crippen LogP contribution in [0.4, 0.5) is 10.8 Å². The van der Waals surface area contributed by atoms with Gasteiger partial charge in [-0.05, 0) is 41.8 Å². The second kappa shape index (κ2) is 6.88. The predicted octanol–water partition coefficient (Wildman–Crippen LogP) is 4.02. The first-order valence-corrected chi connectivity index (χ1v) is 8.51. The zero-order valence-electron chi connectivity index (χ0n) is 13.6. The number of carbonyl (C=O) groups excluding carboxylic acids is 1. The zero-order chi connectivity index (χ0) is 17.1. The van der Waals surface area contributed by atoms with Gasteiger partial charge in [0.2, 0.25) is 0 Å². The Bertz CT molecular complexity index is 856. The normalized spacial score (nSPS) is 11.0. The molecule has 0 spiro atoms. The van der Waals surface area contributed by atoms with E-state index in [1.54, 1.807) is 6.07 Å². The van der Waals surface area contributed by atoms with Gasteiger partial charge in [-0.1, -0.05) is 37.3 Å². The molecule has 1 aromatic heterocycles. The summed E-state index contributed by atoms with van der Waals surface area (Å²) in [6.07, 6.45) is 0. The molecule has 3 aromatic rings. The Morgan fingerprint density at radius 2 is 2.00 bits per heavy atom. The minimum absolute atomic E-state index is 0.0378. The highest BCUT2D eigenvalue weighted by Crippen LogP contribution is 2.26. The molecule has 124 valence electrons. The Labute approximate surface area is 144 Å². The van der Waals surface area contributed by atoms with Crippen LogP contribution in [0.2, 0.25) is 0 Å². The summed E-state index contributed by atoms with van der Waals surface area (Å²) < 4.78 is 6.46. The minimum atomic E-state index is -0.209. The van der Waals surface area contributed by atoms with Crippen molar-refractivity contribution in [1.82, 2.24) is 4.98 Å². The fourth-order valence-corrected chi connectivity index (χ4v) is 3.09. The summed E-state index contributed by atoms with van der Waals surface area (Å²) in [5.74, 6) is 0.943. The molecule has 0 aliphatic carbocycles. The van der Waals surface area contributed by atoms with Gasteiger partial charge < -0.3 is 15.8 Å². The van der Waals surface area contributed by atoms with Gasteiger partial charge in [-0.2, -0.15) is 0 Å². The van der Waals surface area contributed by atoms with E-state index in [-0.39, 0.29) is 12.5 Å². The van der Waals surface area contributed by atoms with Crippen LogP contribution in [0.1, 0.15) is 25.3 Å². The van der Waals surface area contributed by atoms with Crippen LogP contribution in [0, 0.1) is 0 Å². The molecular formula is C18H19N3O2S. The van der Waals surface area contributed by atoms with Gasteiger partial charge in [0.25, 0.3) is 5.91 Å². The summed E-state index contributed by atoms with van der Waals surface area (Å²) in [5, 5.41) is 3.33. The highest BCUT2D eigenvalue weighted by Gasteiger charge is 2.07. The molecule has 24 heavy (non-hydrogen) atoms. The monoisotopic (exact) mass is 341 g/mol. The number of nitrogens with one attached hydrogen (secondary N) is 1. The third-order valence-electron chi connectivity index (χ3n) is 3.61. The lowest BCUT2D eigenvalue weighted by Gasteiger charge is -2.09. The third kappa shape index (κ3) is 3.83. The Morgan fingerprint density at radius 3 is 2.71 bits per heavy atom. The van der Waals surface area contributed by atoms with Crippen molar-refractivity contribution in [3.8, 4) is 5.75 Å². The molecule has 0 bridgehead atoms. The molecule has 1 amide bonds. The highest BCUT2D eigenvalue weighted by atomic mass is 32.1. The average molecular weight is 341 g/mol. The molecule has 0 unspecified atom stereocenters. The first-order valence-electron chi connectivity index (χ1n) is 7.70. The number of nitrogen functional groups attached to an aromatic ring is 1. The Morgan fingerprint density at radius 1 is 1.25 bits per heavy atom. The number of benzene rings is 2. The van der Waals surface area contributed by atoms with E-state index in [1.807, 2.05) is 36.4 Å². The van der Waals surface area contributed by atoms with Crippen LogP contribution in [0.3, 0.4) is 0 Å². The summed E-state index contributed by atoms with van der Waals surface area (Å²) in [5.41, 5.74) is 8.46. The maximum absolute atomic E-state index is 12.0. The number of nitrogens with zero attached hydrogens (tertiary/aromatic N) is 1. The average Bonchev–Trinajstić information content (AvgIpc) is 2.92. The zero-order valence-corrected chi connectivity index (χ0v) is 14.4. The first-order chi connectivity index (χ1) is 11.5. The lowest BCUT2D eigenvalue weighted by molar-refractivity contribution is -0.118. The number of fused-ring (bicyclic) bond motifs is 1. The fraction of sp³-hybridized carbons (Fsp3) is 0.222. The molecule has 0 aliphatic heterocycles. The number of nitrogens with two attached hydrogens (primary N) is 1. The molecule has 1 heterocycles. The summed E-state index contributed by atoms with van der Waals surface area (Å²) in [7, 11) is 0. The van der Waals surface area contributed by atoms with Crippen LogP contribution in [0.25, 0.3) is 10.2 Å². The Kier molecular flexibility index (Phi) is 4.66. The topological polar surface area (TPSA) is 77.2 Å². The van der Waals surface area contributed by atoms with Crippen molar-refractivity contribution in [2.75, 3.05) is 17.7 Å². The van der Waals surface area contributed by atoms with Gasteiger partial charge in [-0.15, -0.1) is 0 Å². The molecular weight excluding hydrogens is 322 g/mol. The lowest BCUT2D eigenvalue weighted by Crippen LogP contribution is -2.20. The van der Waals surface area contributed by atoms with Crippen molar-refractivity contribution in [1.29, 1.82) is 0 Å². The van der Waals surface area contributed by atoms with Gasteiger partial charge in [-0.3, -0.25) is 4.79 Å². The molecule has 0 saturated heterocycles. The van der Waals surface area contributed by atoms with E-state index < -0.39 is 0 Å². The summed E-state index contributed by atoms with van der Waals surface area (Å²) in [6.45, 7) is 4.23. The number of aromatic nitrogens is 1. The van der Waals surface area contributed by atoms with E-state index in [9.17, 15) is 4.79 Å². The van der Waals surface area contributed by atoms with E-state index in [0.717, 1.165) is 10.2 Å². The molecule has 0 radical (unpaired) electrons. The molecule has 3 N–H and O–H groups in total. The smallest absolute Gasteiger partial charge is 0.262 e. The van der Waals surface area contributed by atoms with Crippen molar-refractivity contribution < 1.29 is 9.53 Å². The Hall–Kier alpha value is -2.60. The quantitative estimate of drug-likeness (QED) is 0.735. The van der Waals surface area contributed by atoms with Crippen LogP contribution in [0.5, 0.6) is 5.75 Å². The van der Waals surface area contributed by atoms with Crippen molar-refractivity contribution in [3.63, 3.8) is 0 Å². The SMILES string of the molecule is CC(C)c1ccc(OCC(=O)Nc2ccc3nc(N)sc3c2)cc1. The number of thiazole rings is 1. The Balaban J connectivity index is 1.58. The maximum atomic E-state index is 12.0.